The Hall–Kier alpha value is -3.24. The van der Waals surface area contributed by atoms with Gasteiger partial charge in [-0.25, -0.2) is 23.4 Å². The number of hydrogen-bond acceptors (Lipinski definition) is 9. The molecule has 0 spiro atoms. The number of methoxy groups -OCH3 is 1. The average molecular weight is 483 g/mol. The van der Waals surface area contributed by atoms with Gasteiger partial charge in [0, 0.05) is 25.3 Å². The van der Waals surface area contributed by atoms with Crippen molar-refractivity contribution in [2.75, 3.05) is 13.7 Å². The van der Waals surface area contributed by atoms with E-state index in [1.165, 1.54) is 13.3 Å². The minimum Gasteiger partial charge on any atom is -0.477 e. The molecule has 34 heavy (non-hydrogen) atoms. The highest BCUT2D eigenvalue weighted by atomic mass is 32.2. The van der Waals surface area contributed by atoms with Crippen molar-refractivity contribution in [1.29, 1.82) is 0 Å². The van der Waals surface area contributed by atoms with Crippen molar-refractivity contribution in [2.45, 2.75) is 43.3 Å². The second-order valence-electron chi connectivity index (χ2n) is 8.04. The summed E-state index contributed by atoms with van der Waals surface area (Å²) >= 11 is 0. The molecular formula is C24H26N4O5S. The number of aromatic nitrogens is 4. The van der Waals surface area contributed by atoms with Crippen LogP contribution in [0.3, 0.4) is 0 Å². The number of ketones is 1. The Bertz CT molecular complexity index is 1260. The summed E-state index contributed by atoms with van der Waals surface area (Å²) < 4.78 is 35.4. The van der Waals surface area contributed by atoms with Gasteiger partial charge < -0.3 is 9.47 Å². The molecule has 1 aliphatic rings. The first-order chi connectivity index (χ1) is 16.4. The summed E-state index contributed by atoms with van der Waals surface area (Å²) in [6.07, 6.45) is 5.26. The van der Waals surface area contributed by atoms with E-state index >= 15 is 0 Å². The molecule has 3 aromatic rings. The number of nitrogens with zero attached hydrogens (tertiary/aromatic N) is 4. The molecule has 10 heteroatoms. The molecule has 2 aromatic heterocycles. The molecule has 1 aromatic carbocycles. The Labute approximate surface area is 198 Å². The van der Waals surface area contributed by atoms with Crippen LogP contribution < -0.4 is 4.74 Å². The molecule has 1 unspecified atom stereocenters. The normalized spacial score (nSPS) is 14.5. The molecule has 1 atom stereocenters. The van der Waals surface area contributed by atoms with Crippen LogP contribution in [0.15, 0.2) is 48.9 Å². The first-order valence-corrected chi connectivity index (χ1v) is 12.7. The second-order valence-corrected chi connectivity index (χ2v) is 10.3. The summed E-state index contributed by atoms with van der Waals surface area (Å²) in [7, 11) is -1.83. The van der Waals surface area contributed by atoms with Crippen molar-refractivity contribution in [3.05, 3.63) is 66.0 Å². The van der Waals surface area contributed by atoms with Crippen molar-refractivity contribution < 1.29 is 22.7 Å². The largest absolute Gasteiger partial charge is 0.477 e. The first-order valence-electron chi connectivity index (χ1n) is 11.0. The van der Waals surface area contributed by atoms with Crippen LogP contribution in [0, 0.1) is 0 Å². The zero-order valence-electron chi connectivity index (χ0n) is 19.0. The van der Waals surface area contributed by atoms with Crippen molar-refractivity contribution >= 4 is 15.6 Å². The Morgan fingerprint density at radius 3 is 2.56 bits per heavy atom. The van der Waals surface area contributed by atoms with Crippen LogP contribution in [-0.2, 0) is 31.5 Å². The van der Waals surface area contributed by atoms with Gasteiger partial charge in [0.1, 0.15) is 11.6 Å². The zero-order chi connectivity index (χ0) is 24.1. The van der Waals surface area contributed by atoms with E-state index in [1.807, 2.05) is 31.2 Å². The highest BCUT2D eigenvalue weighted by molar-refractivity contribution is 7.91. The number of rotatable bonds is 11. The molecular weight excluding hydrogens is 456 g/mol. The first kappa shape index (κ1) is 23.9. The lowest BCUT2D eigenvalue weighted by molar-refractivity contribution is -0.128. The standard InChI is InChI=1S/C24H26N4O5S/c1-3-33-23-14-25-13-20(28-23)17-6-4-16(5-7-17)12-21(29)24(32-2)19-10-11-26-22(27-19)15-34(30,31)18-8-9-18/h4-7,10-11,13-14,18,24H,3,8-9,12,15H2,1-2H3. The van der Waals surface area contributed by atoms with E-state index in [0.29, 0.717) is 36.7 Å². The fraction of sp³-hybridized carbons (Fsp3) is 0.375. The molecule has 2 heterocycles. The number of carbonyl (C=O) groups is 1. The number of benzene rings is 1. The topological polar surface area (TPSA) is 121 Å². The Kier molecular flexibility index (Phi) is 7.28. The van der Waals surface area contributed by atoms with Gasteiger partial charge in [-0.2, -0.15) is 0 Å². The lowest BCUT2D eigenvalue weighted by Gasteiger charge is -2.14. The van der Waals surface area contributed by atoms with Gasteiger partial charge in [-0.05, 0) is 31.4 Å². The summed E-state index contributed by atoms with van der Waals surface area (Å²) in [4.78, 5) is 30.0. The molecule has 0 N–H and O–H groups in total. The molecule has 0 radical (unpaired) electrons. The number of ether oxygens (including phenoxy) is 2. The summed E-state index contributed by atoms with van der Waals surface area (Å²) in [6, 6.07) is 9.02. The van der Waals surface area contributed by atoms with Crippen LogP contribution in [0.2, 0.25) is 0 Å². The van der Waals surface area contributed by atoms with E-state index in [4.69, 9.17) is 9.47 Å². The third kappa shape index (κ3) is 5.81. The van der Waals surface area contributed by atoms with Crippen LogP contribution in [0.1, 0.15) is 43.0 Å². The monoisotopic (exact) mass is 482 g/mol. The van der Waals surface area contributed by atoms with Gasteiger partial charge in [0.15, 0.2) is 21.7 Å². The Balaban J connectivity index is 1.45. The van der Waals surface area contributed by atoms with Crippen molar-refractivity contribution in [2.24, 2.45) is 0 Å². The number of sulfone groups is 1. The maximum absolute atomic E-state index is 13.0. The molecule has 1 aliphatic carbocycles. The third-order valence-corrected chi connectivity index (χ3v) is 7.57. The molecule has 1 saturated carbocycles. The van der Waals surface area contributed by atoms with Gasteiger partial charge in [0.2, 0.25) is 5.88 Å². The lowest BCUT2D eigenvalue weighted by atomic mass is 10.0. The van der Waals surface area contributed by atoms with Crippen LogP contribution in [0.25, 0.3) is 11.3 Å². The summed E-state index contributed by atoms with van der Waals surface area (Å²) in [5.74, 6) is 0.212. The maximum Gasteiger partial charge on any atom is 0.232 e. The van der Waals surface area contributed by atoms with E-state index in [0.717, 1.165) is 11.1 Å². The van der Waals surface area contributed by atoms with Crippen LogP contribution >= 0.6 is 0 Å². The fourth-order valence-corrected chi connectivity index (χ4v) is 5.15. The second kappa shape index (κ2) is 10.4. The van der Waals surface area contributed by atoms with E-state index in [2.05, 4.69) is 19.9 Å². The predicted molar refractivity (Wildman–Crippen MR) is 125 cm³/mol. The van der Waals surface area contributed by atoms with E-state index < -0.39 is 15.9 Å². The van der Waals surface area contributed by atoms with Gasteiger partial charge in [0.05, 0.1) is 35.6 Å². The van der Waals surface area contributed by atoms with Crippen molar-refractivity contribution in [3.63, 3.8) is 0 Å². The number of hydrogen-bond donors (Lipinski definition) is 0. The molecule has 178 valence electrons. The quantitative estimate of drug-likeness (QED) is 0.406. The SMILES string of the molecule is CCOc1cncc(-c2ccc(CC(=O)C(OC)c3ccnc(CS(=O)(=O)C4CC4)n3)cc2)n1. The predicted octanol–water partition coefficient (Wildman–Crippen LogP) is 2.91. The van der Waals surface area contributed by atoms with Crippen LogP contribution in [0.4, 0.5) is 0 Å². The molecule has 4 rings (SSSR count). The molecule has 0 saturated heterocycles. The van der Waals surface area contributed by atoms with E-state index in [1.54, 1.807) is 18.5 Å². The zero-order valence-corrected chi connectivity index (χ0v) is 19.9. The van der Waals surface area contributed by atoms with E-state index in [-0.39, 0.29) is 29.0 Å². The Morgan fingerprint density at radius 1 is 1.12 bits per heavy atom. The smallest absolute Gasteiger partial charge is 0.232 e. The molecule has 9 nitrogen and oxygen atoms in total. The number of Topliss-reactive ketones (excluding diaryl/α,β-unsaturated/α-hetero) is 1. The number of carbonyl (C=O) groups excluding carboxylic acids is 1. The van der Waals surface area contributed by atoms with Crippen molar-refractivity contribution in [1.82, 2.24) is 19.9 Å². The molecule has 0 amide bonds. The average Bonchev–Trinajstić information content (AvgIpc) is 3.67. The Morgan fingerprint density at radius 2 is 1.88 bits per heavy atom. The highest BCUT2D eigenvalue weighted by Gasteiger charge is 2.36. The van der Waals surface area contributed by atoms with Gasteiger partial charge in [-0.1, -0.05) is 24.3 Å². The van der Waals surface area contributed by atoms with Gasteiger partial charge in [-0.3, -0.25) is 9.78 Å². The minimum atomic E-state index is -3.26. The summed E-state index contributed by atoms with van der Waals surface area (Å²) in [5, 5.41) is -0.296. The summed E-state index contributed by atoms with van der Waals surface area (Å²) in [6.45, 7) is 2.38. The van der Waals surface area contributed by atoms with Crippen LogP contribution in [-0.4, -0.2) is 53.1 Å². The highest BCUT2D eigenvalue weighted by Crippen LogP contribution is 2.30. The van der Waals surface area contributed by atoms with Crippen molar-refractivity contribution in [3.8, 4) is 17.1 Å². The van der Waals surface area contributed by atoms with Gasteiger partial charge >= 0.3 is 0 Å². The molecule has 0 bridgehead atoms. The minimum absolute atomic E-state index is 0.128. The maximum atomic E-state index is 13.0. The van der Waals surface area contributed by atoms with E-state index in [9.17, 15) is 13.2 Å². The molecule has 0 aliphatic heterocycles. The lowest BCUT2D eigenvalue weighted by Crippen LogP contribution is -2.20. The molecule has 1 fully saturated rings. The van der Waals surface area contributed by atoms with Gasteiger partial charge in [-0.15, -0.1) is 0 Å². The van der Waals surface area contributed by atoms with Gasteiger partial charge in [0.25, 0.3) is 0 Å². The van der Waals surface area contributed by atoms with Crippen LogP contribution in [0.5, 0.6) is 5.88 Å². The summed E-state index contributed by atoms with van der Waals surface area (Å²) in [5.41, 5.74) is 2.68. The third-order valence-electron chi connectivity index (χ3n) is 5.42. The fourth-order valence-electron chi connectivity index (χ4n) is 3.56.